The monoisotopic (exact) mass is 268 g/mol. The smallest absolute Gasteiger partial charge is 0.228 e. The fraction of sp³-hybridized carbons (Fsp3) is 0.118. The third-order valence-corrected chi connectivity index (χ3v) is 3.41. The van der Waals surface area contributed by atoms with E-state index >= 15 is 0 Å². The third kappa shape index (κ3) is 2.01. The lowest BCUT2D eigenvalue weighted by Crippen LogP contribution is -2.02. The number of para-hydroxylation sites is 1. The molecule has 0 aliphatic carbocycles. The van der Waals surface area contributed by atoms with Gasteiger partial charge in [0.1, 0.15) is 11.4 Å². The molecule has 0 aliphatic heterocycles. The number of carbonyl (C=O) groups is 1. The van der Waals surface area contributed by atoms with Crippen LogP contribution in [0.2, 0.25) is 0 Å². The first-order valence-electron chi connectivity index (χ1n) is 6.36. The van der Waals surface area contributed by atoms with Gasteiger partial charge in [0, 0.05) is 10.9 Å². The average Bonchev–Trinajstić information content (AvgIpc) is 2.86. The summed E-state index contributed by atoms with van der Waals surface area (Å²) in [5.41, 5.74) is 2.73. The Kier molecular flexibility index (Phi) is 2.90. The summed E-state index contributed by atoms with van der Waals surface area (Å²) in [4.78, 5) is 12.4. The number of benzene rings is 2. The van der Waals surface area contributed by atoms with E-state index in [1.807, 2.05) is 25.1 Å². The predicted molar refractivity (Wildman–Crippen MR) is 75.5 cm³/mol. The largest absolute Gasteiger partial charge is 0.452 e. The maximum absolute atomic E-state index is 13.3. The molecular formula is C17H13FO2. The summed E-state index contributed by atoms with van der Waals surface area (Å²) in [7, 11) is 0. The highest BCUT2D eigenvalue weighted by molar-refractivity contribution is 6.10. The number of halogens is 1. The molecule has 0 saturated heterocycles. The van der Waals surface area contributed by atoms with Crippen LogP contribution in [0.1, 0.15) is 27.2 Å². The van der Waals surface area contributed by atoms with Crippen molar-refractivity contribution >= 4 is 16.8 Å². The highest BCUT2D eigenvalue weighted by Gasteiger charge is 2.17. The van der Waals surface area contributed by atoms with Gasteiger partial charge >= 0.3 is 0 Å². The van der Waals surface area contributed by atoms with E-state index in [1.54, 1.807) is 19.1 Å². The number of ketones is 1. The Balaban J connectivity index is 2.13. The number of rotatable bonds is 2. The number of carbonyl (C=O) groups excluding carboxylic acids is 1. The van der Waals surface area contributed by atoms with Crippen molar-refractivity contribution in [2.75, 3.05) is 0 Å². The zero-order valence-corrected chi connectivity index (χ0v) is 11.2. The Hall–Kier alpha value is -2.42. The Morgan fingerprint density at radius 3 is 2.60 bits per heavy atom. The predicted octanol–water partition coefficient (Wildman–Crippen LogP) is 4.42. The zero-order valence-electron chi connectivity index (χ0n) is 11.2. The zero-order chi connectivity index (χ0) is 14.3. The Labute approximate surface area is 115 Å². The molecule has 0 fully saturated rings. The van der Waals surface area contributed by atoms with Crippen molar-refractivity contribution in [3.63, 3.8) is 0 Å². The first-order valence-corrected chi connectivity index (χ1v) is 6.36. The highest BCUT2D eigenvalue weighted by atomic mass is 19.1. The number of furan rings is 1. The number of hydrogen-bond acceptors (Lipinski definition) is 2. The van der Waals surface area contributed by atoms with Gasteiger partial charge in [-0.1, -0.05) is 24.3 Å². The Bertz CT molecular complexity index is 815. The molecule has 3 heteroatoms. The van der Waals surface area contributed by atoms with Gasteiger partial charge in [-0.25, -0.2) is 4.39 Å². The molecule has 0 bridgehead atoms. The minimum Gasteiger partial charge on any atom is -0.452 e. The first kappa shape index (κ1) is 12.6. The van der Waals surface area contributed by atoms with Crippen molar-refractivity contribution in [2.24, 2.45) is 0 Å². The fourth-order valence-electron chi connectivity index (χ4n) is 2.29. The molecule has 2 nitrogen and oxygen atoms in total. The molecule has 1 aromatic heterocycles. The van der Waals surface area contributed by atoms with E-state index in [0.717, 1.165) is 16.5 Å². The van der Waals surface area contributed by atoms with Crippen LogP contribution in [0.15, 0.2) is 46.9 Å². The Morgan fingerprint density at radius 1 is 1.05 bits per heavy atom. The second-order valence-electron chi connectivity index (χ2n) is 4.89. The second kappa shape index (κ2) is 4.60. The molecule has 3 aromatic rings. The van der Waals surface area contributed by atoms with Gasteiger partial charge in [0.2, 0.25) is 5.78 Å². The van der Waals surface area contributed by atoms with Crippen LogP contribution < -0.4 is 0 Å². The summed E-state index contributed by atoms with van der Waals surface area (Å²) < 4.78 is 18.9. The van der Waals surface area contributed by atoms with E-state index in [4.69, 9.17) is 4.42 Å². The van der Waals surface area contributed by atoms with Crippen LogP contribution >= 0.6 is 0 Å². The lowest BCUT2D eigenvalue weighted by atomic mass is 10.0. The quantitative estimate of drug-likeness (QED) is 0.644. The van der Waals surface area contributed by atoms with Crippen molar-refractivity contribution in [1.82, 2.24) is 0 Å². The van der Waals surface area contributed by atoms with E-state index < -0.39 is 5.82 Å². The van der Waals surface area contributed by atoms with Gasteiger partial charge in [-0.3, -0.25) is 4.79 Å². The molecule has 0 radical (unpaired) electrons. The van der Waals surface area contributed by atoms with E-state index in [9.17, 15) is 9.18 Å². The summed E-state index contributed by atoms with van der Waals surface area (Å²) in [6.07, 6.45) is 0. The molecular weight excluding hydrogens is 255 g/mol. The molecule has 20 heavy (non-hydrogen) atoms. The van der Waals surface area contributed by atoms with Crippen molar-refractivity contribution in [1.29, 1.82) is 0 Å². The van der Waals surface area contributed by atoms with Crippen LogP contribution in [-0.2, 0) is 0 Å². The van der Waals surface area contributed by atoms with E-state index in [-0.39, 0.29) is 11.5 Å². The van der Waals surface area contributed by atoms with E-state index in [0.29, 0.717) is 11.1 Å². The number of hydrogen-bond donors (Lipinski definition) is 0. The summed E-state index contributed by atoms with van der Waals surface area (Å²) >= 11 is 0. The Morgan fingerprint density at radius 2 is 1.85 bits per heavy atom. The van der Waals surface area contributed by atoms with E-state index in [2.05, 4.69) is 0 Å². The SMILES string of the molecule is Cc1ccc(F)cc1C(=O)c1cc2cccc(C)c2o1. The third-order valence-electron chi connectivity index (χ3n) is 3.41. The summed E-state index contributed by atoms with van der Waals surface area (Å²) in [6.45, 7) is 3.70. The van der Waals surface area contributed by atoms with Crippen LogP contribution in [0.3, 0.4) is 0 Å². The summed E-state index contributed by atoms with van der Waals surface area (Å²) in [5, 5.41) is 0.877. The molecule has 0 amide bonds. The molecule has 0 saturated carbocycles. The fourth-order valence-corrected chi connectivity index (χ4v) is 2.29. The van der Waals surface area contributed by atoms with Gasteiger partial charge < -0.3 is 4.42 Å². The second-order valence-corrected chi connectivity index (χ2v) is 4.89. The summed E-state index contributed by atoms with van der Waals surface area (Å²) in [5.74, 6) is -0.480. The number of fused-ring (bicyclic) bond motifs is 1. The lowest BCUT2D eigenvalue weighted by molar-refractivity contribution is 0.101. The number of aryl methyl sites for hydroxylation is 2. The maximum atomic E-state index is 13.3. The molecule has 3 rings (SSSR count). The van der Waals surface area contributed by atoms with Crippen LogP contribution in [0.4, 0.5) is 4.39 Å². The molecule has 1 heterocycles. The van der Waals surface area contributed by atoms with Gasteiger partial charge in [0.15, 0.2) is 5.76 Å². The van der Waals surface area contributed by atoms with Crippen molar-refractivity contribution < 1.29 is 13.6 Å². The molecule has 0 spiro atoms. The van der Waals surface area contributed by atoms with Crippen molar-refractivity contribution in [2.45, 2.75) is 13.8 Å². The van der Waals surface area contributed by atoms with Crippen molar-refractivity contribution in [3.8, 4) is 0 Å². The highest BCUT2D eigenvalue weighted by Crippen LogP contribution is 2.25. The van der Waals surface area contributed by atoms with Gasteiger partial charge in [-0.15, -0.1) is 0 Å². The molecule has 100 valence electrons. The van der Waals surface area contributed by atoms with Gasteiger partial charge in [-0.05, 0) is 43.2 Å². The minimum absolute atomic E-state index is 0.239. The van der Waals surface area contributed by atoms with Gasteiger partial charge in [0.05, 0.1) is 0 Å². The average molecular weight is 268 g/mol. The standard InChI is InChI=1S/C17H13FO2/c1-10-6-7-13(18)9-14(10)16(19)15-8-12-5-3-4-11(2)17(12)20-15/h3-9H,1-2H3. The van der Waals surface area contributed by atoms with Gasteiger partial charge in [0.25, 0.3) is 0 Å². The maximum Gasteiger partial charge on any atom is 0.228 e. The molecule has 0 unspecified atom stereocenters. The van der Waals surface area contributed by atoms with Crippen LogP contribution in [0.5, 0.6) is 0 Å². The normalized spacial score (nSPS) is 10.9. The van der Waals surface area contributed by atoms with E-state index in [1.165, 1.54) is 12.1 Å². The molecule has 0 N–H and O–H groups in total. The summed E-state index contributed by atoms with van der Waals surface area (Å²) in [6, 6.07) is 11.6. The topological polar surface area (TPSA) is 30.2 Å². The first-order chi connectivity index (χ1) is 9.56. The van der Waals surface area contributed by atoms with Crippen LogP contribution in [-0.4, -0.2) is 5.78 Å². The van der Waals surface area contributed by atoms with Crippen molar-refractivity contribution in [3.05, 3.63) is 70.7 Å². The minimum atomic E-state index is -0.425. The molecule has 0 aliphatic rings. The van der Waals surface area contributed by atoms with Crippen LogP contribution in [0.25, 0.3) is 11.0 Å². The molecule has 0 atom stereocenters. The van der Waals surface area contributed by atoms with Crippen LogP contribution in [0, 0.1) is 19.7 Å². The molecule has 2 aromatic carbocycles. The lowest BCUT2D eigenvalue weighted by Gasteiger charge is -2.02. The van der Waals surface area contributed by atoms with Gasteiger partial charge in [-0.2, -0.15) is 0 Å².